The number of hydrogen-bond acceptors (Lipinski definition) is 2. The topological polar surface area (TPSA) is 26.3 Å². The summed E-state index contributed by atoms with van der Waals surface area (Å²) in [6, 6.07) is 7.78. The highest BCUT2D eigenvalue weighted by Crippen LogP contribution is 2.17. The summed E-state index contributed by atoms with van der Waals surface area (Å²) < 4.78 is 5.47. The first-order valence-corrected chi connectivity index (χ1v) is 7.16. The van der Waals surface area contributed by atoms with Crippen molar-refractivity contribution in [3.63, 3.8) is 0 Å². The van der Waals surface area contributed by atoms with E-state index in [1.54, 1.807) is 0 Å². The molecule has 0 aromatic heterocycles. The molecule has 0 saturated heterocycles. The Morgan fingerprint density at radius 3 is 2.26 bits per heavy atom. The molecule has 0 aliphatic heterocycles. The van der Waals surface area contributed by atoms with Gasteiger partial charge in [0, 0.05) is 0 Å². The van der Waals surface area contributed by atoms with Gasteiger partial charge in [-0.1, -0.05) is 32.9 Å². The van der Waals surface area contributed by atoms with Gasteiger partial charge in [0.15, 0.2) is 0 Å². The molecular formula is C17H26O2. The fourth-order valence-electron chi connectivity index (χ4n) is 1.64. The number of carbonyl (C=O) groups is 1. The molecule has 1 aromatic rings. The lowest BCUT2D eigenvalue weighted by Crippen LogP contribution is -2.27. The summed E-state index contributed by atoms with van der Waals surface area (Å²) in [6.07, 6.45) is 3.05. The van der Waals surface area contributed by atoms with E-state index in [9.17, 15) is 4.79 Å². The van der Waals surface area contributed by atoms with Crippen molar-refractivity contribution >= 4 is 5.97 Å². The van der Waals surface area contributed by atoms with Crippen molar-refractivity contribution in [2.24, 2.45) is 5.92 Å². The average molecular weight is 262 g/mol. The van der Waals surface area contributed by atoms with Crippen LogP contribution >= 0.6 is 0 Å². The highest BCUT2D eigenvalue weighted by atomic mass is 16.6. The summed E-state index contributed by atoms with van der Waals surface area (Å²) in [6.45, 7) is 10.3. The summed E-state index contributed by atoms with van der Waals surface area (Å²) in [5, 5.41) is 0. The van der Waals surface area contributed by atoms with Crippen molar-refractivity contribution < 1.29 is 9.53 Å². The van der Waals surface area contributed by atoms with E-state index < -0.39 is 5.60 Å². The predicted molar refractivity (Wildman–Crippen MR) is 79.4 cm³/mol. The second-order valence-electron chi connectivity index (χ2n) is 6.13. The summed E-state index contributed by atoms with van der Waals surface area (Å²) in [7, 11) is 0. The molecule has 0 bridgehead atoms. The molecule has 0 unspecified atom stereocenters. The monoisotopic (exact) mass is 262 g/mol. The number of aryl methyl sites for hydroxylation is 1. The van der Waals surface area contributed by atoms with E-state index in [1.165, 1.54) is 12.0 Å². The van der Waals surface area contributed by atoms with Crippen molar-refractivity contribution in [3.8, 4) is 0 Å². The number of esters is 1. The highest BCUT2D eigenvalue weighted by molar-refractivity contribution is 5.89. The molecule has 106 valence electrons. The number of ether oxygens (including phenoxy) is 1. The van der Waals surface area contributed by atoms with E-state index in [1.807, 2.05) is 45.0 Å². The van der Waals surface area contributed by atoms with Crippen LogP contribution in [0.25, 0.3) is 0 Å². The first kappa shape index (κ1) is 15.7. The molecule has 2 heteroatoms. The van der Waals surface area contributed by atoms with Gasteiger partial charge in [0.1, 0.15) is 5.60 Å². The minimum atomic E-state index is -0.395. The maximum atomic E-state index is 12.0. The molecule has 0 saturated carbocycles. The number of rotatable bonds is 6. The molecule has 0 amide bonds. The molecule has 0 fully saturated rings. The number of hydrogen-bond donors (Lipinski definition) is 0. The van der Waals surface area contributed by atoms with Crippen LogP contribution < -0.4 is 0 Å². The van der Waals surface area contributed by atoms with Crippen LogP contribution in [0.4, 0.5) is 0 Å². The van der Waals surface area contributed by atoms with Crippen molar-refractivity contribution in [2.45, 2.75) is 59.5 Å². The zero-order valence-electron chi connectivity index (χ0n) is 12.8. The highest BCUT2D eigenvalue weighted by Gasteiger charge is 2.21. The van der Waals surface area contributed by atoms with Gasteiger partial charge in [-0.15, -0.1) is 0 Å². The van der Waals surface area contributed by atoms with Crippen LogP contribution in [0.2, 0.25) is 0 Å². The van der Waals surface area contributed by atoms with Gasteiger partial charge in [-0.25, -0.2) is 4.79 Å². The Morgan fingerprint density at radius 1 is 1.21 bits per heavy atom. The fourth-order valence-corrected chi connectivity index (χ4v) is 1.64. The second kappa shape index (κ2) is 6.74. The predicted octanol–water partition coefficient (Wildman–Crippen LogP) is 4.62. The van der Waals surface area contributed by atoms with E-state index >= 15 is 0 Å². The van der Waals surface area contributed by atoms with Gasteiger partial charge >= 0.3 is 5.97 Å². The zero-order chi connectivity index (χ0) is 14.5. The number of carbonyl (C=O) groups excluding carboxylic acids is 1. The summed E-state index contributed by atoms with van der Waals surface area (Å²) >= 11 is 0. The quantitative estimate of drug-likeness (QED) is 0.699. The molecule has 0 atom stereocenters. The smallest absolute Gasteiger partial charge is 0.338 e. The molecule has 2 nitrogen and oxygen atoms in total. The van der Waals surface area contributed by atoms with E-state index in [2.05, 4.69) is 13.8 Å². The summed E-state index contributed by atoms with van der Waals surface area (Å²) in [4.78, 5) is 12.0. The van der Waals surface area contributed by atoms with Gasteiger partial charge in [0.25, 0.3) is 0 Å². The van der Waals surface area contributed by atoms with E-state index in [0.29, 0.717) is 11.5 Å². The van der Waals surface area contributed by atoms with Crippen LogP contribution in [0.3, 0.4) is 0 Å². The lowest BCUT2D eigenvalue weighted by Gasteiger charge is -2.23. The van der Waals surface area contributed by atoms with Crippen LogP contribution in [-0.4, -0.2) is 11.6 Å². The zero-order valence-corrected chi connectivity index (χ0v) is 12.8. The molecule has 1 aromatic carbocycles. The Hall–Kier alpha value is -1.31. The minimum absolute atomic E-state index is 0.234. The standard InChI is InChI=1S/C17H26O2/c1-6-17(4,5)19-16(18)15-11-9-14(10-12-15)8-7-13(2)3/h9-13H,6-8H2,1-5H3. The van der Waals surface area contributed by atoms with Gasteiger partial charge in [0.2, 0.25) is 0 Å². The molecule has 19 heavy (non-hydrogen) atoms. The van der Waals surface area contributed by atoms with Crippen LogP contribution in [-0.2, 0) is 11.2 Å². The van der Waals surface area contributed by atoms with Gasteiger partial charge in [-0.3, -0.25) is 0 Å². The van der Waals surface area contributed by atoms with Gasteiger partial charge in [-0.05, 0) is 56.7 Å². The Bertz CT molecular complexity index is 402. The fraction of sp³-hybridized carbons (Fsp3) is 0.588. The molecule has 0 spiro atoms. The van der Waals surface area contributed by atoms with Gasteiger partial charge in [-0.2, -0.15) is 0 Å². The maximum absolute atomic E-state index is 12.0. The largest absolute Gasteiger partial charge is 0.456 e. The first-order chi connectivity index (χ1) is 8.84. The Balaban J connectivity index is 2.63. The second-order valence-corrected chi connectivity index (χ2v) is 6.13. The molecule has 1 rings (SSSR count). The van der Waals surface area contributed by atoms with Crippen molar-refractivity contribution in [1.29, 1.82) is 0 Å². The maximum Gasteiger partial charge on any atom is 0.338 e. The van der Waals surface area contributed by atoms with Crippen molar-refractivity contribution in [3.05, 3.63) is 35.4 Å². The summed E-state index contributed by atoms with van der Waals surface area (Å²) in [5.41, 5.74) is 1.52. The lowest BCUT2D eigenvalue weighted by molar-refractivity contribution is -0.00243. The summed E-state index contributed by atoms with van der Waals surface area (Å²) in [5.74, 6) is 0.470. The Kier molecular flexibility index (Phi) is 5.59. The van der Waals surface area contributed by atoms with Crippen LogP contribution in [0.15, 0.2) is 24.3 Å². The molecule has 0 aliphatic rings. The third kappa shape index (κ3) is 5.46. The third-order valence-corrected chi connectivity index (χ3v) is 3.42. The van der Waals surface area contributed by atoms with Gasteiger partial charge in [0.05, 0.1) is 5.56 Å². The van der Waals surface area contributed by atoms with Crippen LogP contribution in [0, 0.1) is 5.92 Å². The van der Waals surface area contributed by atoms with E-state index in [0.717, 1.165) is 12.8 Å². The van der Waals surface area contributed by atoms with Crippen molar-refractivity contribution in [2.75, 3.05) is 0 Å². The minimum Gasteiger partial charge on any atom is -0.456 e. The third-order valence-electron chi connectivity index (χ3n) is 3.42. The lowest BCUT2D eigenvalue weighted by atomic mass is 10.0. The average Bonchev–Trinajstić information content (AvgIpc) is 2.36. The van der Waals surface area contributed by atoms with Crippen molar-refractivity contribution in [1.82, 2.24) is 0 Å². The first-order valence-electron chi connectivity index (χ1n) is 7.16. The molecule has 0 radical (unpaired) electrons. The number of benzene rings is 1. The Morgan fingerprint density at radius 2 is 1.79 bits per heavy atom. The normalized spacial score (nSPS) is 11.7. The molecular weight excluding hydrogens is 236 g/mol. The Labute approximate surface area is 117 Å². The SMILES string of the molecule is CCC(C)(C)OC(=O)c1ccc(CCC(C)C)cc1. The van der Waals surface area contributed by atoms with Gasteiger partial charge < -0.3 is 4.74 Å². The van der Waals surface area contributed by atoms with E-state index in [4.69, 9.17) is 4.74 Å². The molecule has 0 heterocycles. The van der Waals surface area contributed by atoms with Crippen LogP contribution in [0.1, 0.15) is 63.4 Å². The molecule has 0 N–H and O–H groups in total. The van der Waals surface area contributed by atoms with E-state index in [-0.39, 0.29) is 5.97 Å². The molecule has 0 aliphatic carbocycles. The van der Waals surface area contributed by atoms with Crippen LogP contribution in [0.5, 0.6) is 0 Å².